The number of carbonyl (C=O) groups excluding carboxylic acids is 1. The van der Waals surface area contributed by atoms with E-state index in [1.54, 1.807) is 34.9 Å². The lowest BCUT2D eigenvalue weighted by Gasteiger charge is -2.10. The molecule has 4 aromatic heterocycles. The number of nitrogens with zero attached hydrogens (tertiary/aromatic N) is 6. The average molecular weight is 497 g/mol. The molecule has 0 saturated heterocycles. The standard InChI is InChI=1S/C27H28N8O2/c1-34-18-23(17-32-34)21-13-24(27-22(14-28)16-33-35(27)19-21)20-8-9-25(31-15-20)29-10-11-30-26(36)7-5-3-4-6-12-37-2/h8-9,13,15-19H,5-7,10-12H2,1-2H3,(H,29,31)(H,30,36). The smallest absolute Gasteiger partial charge is 0.221 e. The number of nitrogens with one attached hydrogen (secondary N) is 2. The van der Waals surface area contributed by atoms with E-state index in [4.69, 9.17) is 4.74 Å². The van der Waals surface area contributed by atoms with Gasteiger partial charge in [0.2, 0.25) is 5.91 Å². The molecular formula is C27H28N8O2. The van der Waals surface area contributed by atoms with E-state index >= 15 is 0 Å². The summed E-state index contributed by atoms with van der Waals surface area (Å²) in [6.07, 6.45) is 10.5. The van der Waals surface area contributed by atoms with Crippen LogP contribution in [0, 0.1) is 23.2 Å². The minimum atomic E-state index is -0.0298. The summed E-state index contributed by atoms with van der Waals surface area (Å²) in [7, 11) is 3.51. The number of amides is 1. The van der Waals surface area contributed by atoms with Crippen LogP contribution in [0.25, 0.3) is 27.8 Å². The van der Waals surface area contributed by atoms with Crippen molar-refractivity contribution < 1.29 is 9.53 Å². The van der Waals surface area contributed by atoms with Crippen molar-refractivity contribution in [2.45, 2.75) is 19.3 Å². The molecule has 4 aromatic rings. The molecule has 0 aliphatic heterocycles. The average Bonchev–Trinajstić information content (AvgIpc) is 3.54. The predicted octanol–water partition coefficient (Wildman–Crippen LogP) is 3.02. The van der Waals surface area contributed by atoms with Gasteiger partial charge in [0.15, 0.2) is 0 Å². The van der Waals surface area contributed by atoms with Gasteiger partial charge in [0.05, 0.1) is 30.1 Å². The summed E-state index contributed by atoms with van der Waals surface area (Å²) < 4.78 is 8.39. The van der Waals surface area contributed by atoms with Crippen LogP contribution in [0.2, 0.25) is 0 Å². The Kier molecular flexibility index (Phi) is 8.48. The molecule has 0 radical (unpaired) electrons. The lowest BCUT2D eigenvalue weighted by Crippen LogP contribution is -2.28. The first kappa shape index (κ1) is 25.4. The second-order valence-corrected chi connectivity index (χ2v) is 8.31. The van der Waals surface area contributed by atoms with E-state index in [1.807, 2.05) is 37.6 Å². The number of anilines is 1. The Hall–Kier alpha value is -4.67. The maximum absolute atomic E-state index is 11.9. The van der Waals surface area contributed by atoms with Crippen LogP contribution in [0.3, 0.4) is 0 Å². The molecule has 0 fully saturated rings. The number of aromatic nitrogens is 5. The number of ether oxygens (including phenoxy) is 1. The van der Waals surface area contributed by atoms with E-state index < -0.39 is 0 Å². The third kappa shape index (κ3) is 6.51. The number of hydrogen-bond acceptors (Lipinski definition) is 7. The maximum Gasteiger partial charge on any atom is 0.221 e. The Morgan fingerprint density at radius 3 is 2.65 bits per heavy atom. The Balaban J connectivity index is 1.38. The van der Waals surface area contributed by atoms with Gasteiger partial charge in [-0.25, -0.2) is 9.50 Å². The zero-order valence-corrected chi connectivity index (χ0v) is 20.9. The van der Waals surface area contributed by atoms with Crippen LogP contribution in [0.5, 0.6) is 0 Å². The van der Waals surface area contributed by atoms with Crippen molar-refractivity contribution in [3.8, 4) is 40.2 Å². The van der Waals surface area contributed by atoms with E-state index in [0.717, 1.165) is 27.8 Å². The zero-order valence-electron chi connectivity index (χ0n) is 20.9. The van der Waals surface area contributed by atoms with Crippen molar-refractivity contribution in [3.05, 3.63) is 54.7 Å². The van der Waals surface area contributed by atoms with Gasteiger partial charge in [-0.05, 0) is 18.2 Å². The molecule has 4 heterocycles. The van der Waals surface area contributed by atoms with Gasteiger partial charge in [0.1, 0.15) is 11.9 Å². The van der Waals surface area contributed by atoms with Gasteiger partial charge in [0.25, 0.3) is 0 Å². The van der Waals surface area contributed by atoms with Gasteiger partial charge in [-0.15, -0.1) is 11.8 Å². The lowest BCUT2D eigenvalue weighted by atomic mass is 10.0. The van der Waals surface area contributed by atoms with Crippen LogP contribution in [-0.4, -0.2) is 57.1 Å². The first-order chi connectivity index (χ1) is 18.1. The Bertz CT molecular complexity index is 1470. The minimum absolute atomic E-state index is 0.0298. The molecule has 0 saturated carbocycles. The number of hydrogen-bond donors (Lipinski definition) is 2. The molecule has 0 unspecified atom stereocenters. The van der Waals surface area contributed by atoms with Gasteiger partial charge >= 0.3 is 0 Å². The summed E-state index contributed by atoms with van der Waals surface area (Å²) >= 11 is 0. The number of rotatable bonds is 10. The molecule has 37 heavy (non-hydrogen) atoms. The summed E-state index contributed by atoms with van der Waals surface area (Å²) in [5.41, 5.74) is 4.81. The molecule has 10 heteroatoms. The number of nitriles is 1. The van der Waals surface area contributed by atoms with Crippen molar-refractivity contribution in [1.82, 2.24) is 29.7 Å². The molecule has 0 bridgehead atoms. The third-order valence-electron chi connectivity index (χ3n) is 5.63. The summed E-state index contributed by atoms with van der Waals surface area (Å²) in [5, 5.41) is 24.3. The molecule has 0 spiro atoms. The van der Waals surface area contributed by atoms with E-state index in [-0.39, 0.29) is 5.91 Å². The molecule has 0 aromatic carbocycles. The van der Waals surface area contributed by atoms with E-state index in [2.05, 4.69) is 43.7 Å². The highest BCUT2D eigenvalue weighted by Gasteiger charge is 2.14. The Labute approximate surface area is 215 Å². The van der Waals surface area contributed by atoms with Crippen LogP contribution in [0.1, 0.15) is 24.8 Å². The molecule has 4 rings (SSSR count). The van der Waals surface area contributed by atoms with Gasteiger partial charge in [0, 0.05) is 87.4 Å². The van der Waals surface area contributed by atoms with Gasteiger partial charge in [-0.2, -0.15) is 15.5 Å². The van der Waals surface area contributed by atoms with Crippen molar-refractivity contribution in [2.75, 3.05) is 32.1 Å². The number of carbonyl (C=O) groups is 1. The van der Waals surface area contributed by atoms with Gasteiger partial charge in [-0.3, -0.25) is 9.48 Å². The topological polar surface area (TPSA) is 122 Å². The quantitative estimate of drug-likeness (QED) is 0.256. The normalized spacial score (nSPS) is 10.5. The third-order valence-corrected chi connectivity index (χ3v) is 5.63. The maximum atomic E-state index is 11.9. The van der Waals surface area contributed by atoms with E-state index in [9.17, 15) is 10.1 Å². The second-order valence-electron chi connectivity index (χ2n) is 8.31. The van der Waals surface area contributed by atoms with Crippen LogP contribution in [0.4, 0.5) is 5.82 Å². The highest BCUT2D eigenvalue weighted by molar-refractivity contribution is 5.87. The Morgan fingerprint density at radius 1 is 1.05 bits per heavy atom. The molecule has 2 N–H and O–H groups in total. The molecule has 1 amide bonds. The van der Waals surface area contributed by atoms with Crippen LogP contribution < -0.4 is 10.6 Å². The van der Waals surface area contributed by atoms with Crippen LogP contribution in [0.15, 0.2) is 49.2 Å². The lowest BCUT2D eigenvalue weighted by molar-refractivity contribution is -0.120. The van der Waals surface area contributed by atoms with E-state index in [0.29, 0.717) is 50.3 Å². The van der Waals surface area contributed by atoms with Crippen LogP contribution >= 0.6 is 0 Å². The summed E-state index contributed by atoms with van der Waals surface area (Å²) in [6.45, 7) is 1.63. The highest BCUT2D eigenvalue weighted by Crippen LogP contribution is 2.31. The highest BCUT2D eigenvalue weighted by atomic mass is 16.5. The summed E-state index contributed by atoms with van der Waals surface area (Å²) in [4.78, 5) is 16.5. The summed E-state index contributed by atoms with van der Waals surface area (Å²) in [5.74, 6) is 6.61. The first-order valence-corrected chi connectivity index (χ1v) is 11.9. The number of pyridine rings is 2. The fraction of sp³-hybridized carbons (Fsp3) is 0.296. The molecule has 0 aliphatic rings. The molecule has 0 atom stereocenters. The Morgan fingerprint density at radius 2 is 1.92 bits per heavy atom. The first-order valence-electron chi connectivity index (χ1n) is 11.9. The van der Waals surface area contributed by atoms with Crippen molar-refractivity contribution >= 4 is 17.2 Å². The molecule has 10 nitrogen and oxygen atoms in total. The zero-order chi connectivity index (χ0) is 26.0. The second kappa shape index (κ2) is 12.3. The fourth-order valence-electron chi connectivity index (χ4n) is 3.80. The minimum Gasteiger partial charge on any atom is -0.384 e. The number of methoxy groups -OCH3 is 1. The predicted molar refractivity (Wildman–Crippen MR) is 140 cm³/mol. The van der Waals surface area contributed by atoms with E-state index in [1.165, 1.54) is 0 Å². The fourth-order valence-corrected chi connectivity index (χ4v) is 3.80. The van der Waals surface area contributed by atoms with Crippen LogP contribution in [-0.2, 0) is 16.6 Å². The molecule has 0 aliphatic carbocycles. The largest absolute Gasteiger partial charge is 0.384 e. The molecule has 188 valence electrons. The SMILES string of the molecule is COCCC#CCCC(=O)NCCNc1ccc(-c2cc(-c3cnn(C)c3)cn3ncc(C#N)c23)cn1. The number of aryl methyl sites for hydroxylation is 1. The molecular weight excluding hydrogens is 468 g/mol. The monoisotopic (exact) mass is 496 g/mol. The number of fused-ring (bicyclic) bond motifs is 1. The van der Waals surface area contributed by atoms with Gasteiger partial charge in [-0.1, -0.05) is 0 Å². The van der Waals surface area contributed by atoms with Crippen molar-refractivity contribution in [2.24, 2.45) is 7.05 Å². The summed E-state index contributed by atoms with van der Waals surface area (Å²) in [6, 6.07) is 8.08. The van der Waals surface area contributed by atoms with Gasteiger partial charge < -0.3 is 15.4 Å². The van der Waals surface area contributed by atoms with Crippen molar-refractivity contribution in [3.63, 3.8) is 0 Å². The van der Waals surface area contributed by atoms with Crippen molar-refractivity contribution in [1.29, 1.82) is 5.26 Å².